The molecule has 0 aliphatic carbocycles. The van der Waals surface area contributed by atoms with Crippen LogP contribution in [0.5, 0.6) is 0 Å². The van der Waals surface area contributed by atoms with Crippen LogP contribution in [0.1, 0.15) is 62.5 Å². The molecular formula is C47H62N8O18S3. The maximum Gasteiger partial charge on any atom is 0.404 e. The van der Waals surface area contributed by atoms with Gasteiger partial charge in [0.2, 0.25) is 23.6 Å². The smallest absolute Gasteiger partial charge is 0.404 e. The fraction of sp³-hybridized carbons (Fsp3) is 0.468. The van der Waals surface area contributed by atoms with Crippen molar-refractivity contribution in [2.24, 2.45) is 23.3 Å². The summed E-state index contributed by atoms with van der Waals surface area (Å²) in [6.07, 6.45) is -5.69. The molecule has 0 saturated heterocycles. The monoisotopic (exact) mass is 1120 g/mol. The molecule has 416 valence electrons. The van der Waals surface area contributed by atoms with E-state index in [1.165, 1.54) is 0 Å². The van der Waals surface area contributed by atoms with Gasteiger partial charge in [-0.3, -0.25) is 47.9 Å². The van der Waals surface area contributed by atoms with E-state index in [2.05, 4.69) is 36.6 Å². The summed E-state index contributed by atoms with van der Waals surface area (Å²) in [6, 6.07) is 11.4. The molecule has 0 spiro atoms. The highest BCUT2D eigenvalue weighted by atomic mass is 33.1. The summed E-state index contributed by atoms with van der Waals surface area (Å²) in [5.41, 5.74) is 12.3. The molecule has 0 fully saturated rings. The van der Waals surface area contributed by atoms with E-state index in [-0.39, 0.29) is 74.8 Å². The second kappa shape index (κ2) is 35.8. The number of carboxylic acids is 4. The van der Waals surface area contributed by atoms with E-state index >= 15 is 0 Å². The van der Waals surface area contributed by atoms with Crippen LogP contribution in [0.2, 0.25) is 0 Å². The van der Waals surface area contributed by atoms with Gasteiger partial charge in [-0.1, -0.05) is 82.3 Å². The standard InChI is InChI=1S/C47H62N8O18S3/c48-31(43(66)53-34(23-41(63)64)36(58)22-30(44(67)68)25-76-75-18-17-72-46(49)71)24-51-42(65)29(19-27-7-3-1-4-8-27)21-35(57)33(20-28-9-5-2-6-10-28)52-38(60)15-16-50-37(59)12-11-32(45(69)70)54-47(74)55-39(73-26-56)13-14-40(61)62/h1-10,26,29-34,39H,11-25,48H2,(H2,49,71)(H,50,59)(H,51,65)(H,52,60)(H,53,66)(H,61,62)(H,63,64)(H,67,68)(H,69,70)(H2,54,55,74)/t29-,30-,31+,32+,33+,34+,39-/m1/s1. The number of rotatable bonds is 39. The molecule has 0 radical (unpaired) electrons. The number of carbonyl (C=O) groups excluding carboxylic acids is 8. The van der Waals surface area contributed by atoms with Crippen LogP contribution in [0.15, 0.2) is 60.7 Å². The molecule has 0 aliphatic rings. The van der Waals surface area contributed by atoms with Gasteiger partial charge in [-0.2, -0.15) is 0 Å². The number of benzene rings is 2. The van der Waals surface area contributed by atoms with Crippen molar-refractivity contribution in [1.29, 1.82) is 0 Å². The lowest BCUT2D eigenvalue weighted by molar-refractivity contribution is -0.144. The summed E-state index contributed by atoms with van der Waals surface area (Å²) >= 11 is 5.07. The Labute approximate surface area is 449 Å². The first-order valence-corrected chi connectivity index (χ1v) is 26.2. The molecule has 2 rings (SSSR count). The molecule has 29 heteroatoms. The van der Waals surface area contributed by atoms with Gasteiger partial charge in [0.1, 0.15) is 18.7 Å². The highest BCUT2D eigenvalue weighted by molar-refractivity contribution is 8.76. The van der Waals surface area contributed by atoms with Crippen LogP contribution < -0.4 is 43.4 Å². The fourth-order valence-electron chi connectivity index (χ4n) is 6.80. The number of ketones is 2. The van der Waals surface area contributed by atoms with Crippen LogP contribution in [0.3, 0.4) is 0 Å². The van der Waals surface area contributed by atoms with E-state index in [1.807, 2.05) is 0 Å². The van der Waals surface area contributed by atoms with E-state index < -0.39 is 140 Å². The van der Waals surface area contributed by atoms with Gasteiger partial charge in [0.05, 0.1) is 30.8 Å². The van der Waals surface area contributed by atoms with Gasteiger partial charge < -0.3 is 73.3 Å². The predicted molar refractivity (Wildman–Crippen MR) is 277 cm³/mol. The average Bonchev–Trinajstić information content (AvgIpc) is 3.36. The molecular weight excluding hydrogens is 1060 g/mol. The van der Waals surface area contributed by atoms with Gasteiger partial charge >= 0.3 is 30.0 Å². The van der Waals surface area contributed by atoms with E-state index in [1.54, 1.807) is 60.7 Å². The fourth-order valence-corrected chi connectivity index (χ4v) is 9.20. The van der Waals surface area contributed by atoms with Gasteiger partial charge in [-0.25, -0.2) is 9.59 Å². The summed E-state index contributed by atoms with van der Waals surface area (Å²) in [6.45, 7) is -0.761. The van der Waals surface area contributed by atoms with E-state index in [9.17, 15) is 72.9 Å². The molecule has 0 bridgehead atoms. The molecule has 26 nitrogen and oxygen atoms in total. The van der Waals surface area contributed by atoms with Crippen molar-refractivity contribution in [3.05, 3.63) is 71.8 Å². The lowest BCUT2D eigenvalue weighted by atomic mass is 9.89. The van der Waals surface area contributed by atoms with Crippen molar-refractivity contribution in [3.8, 4) is 0 Å². The molecule has 0 saturated carbocycles. The van der Waals surface area contributed by atoms with Crippen LogP contribution in [-0.2, 0) is 75.1 Å². The maximum absolute atomic E-state index is 14.2. The molecule has 0 heterocycles. The molecule has 14 N–H and O–H groups in total. The normalized spacial score (nSPS) is 13.5. The second-order valence-electron chi connectivity index (χ2n) is 16.7. The first kappa shape index (κ1) is 64.7. The maximum atomic E-state index is 14.2. The Morgan fingerprint density at radius 1 is 0.632 bits per heavy atom. The van der Waals surface area contributed by atoms with Crippen molar-refractivity contribution >= 4 is 111 Å². The van der Waals surface area contributed by atoms with Gasteiger partial charge in [-0.15, -0.1) is 0 Å². The zero-order valence-electron chi connectivity index (χ0n) is 40.9. The van der Waals surface area contributed by atoms with Crippen molar-refractivity contribution in [2.75, 3.05) is 31.2 Å². The number of aliphatic carboxylic acids is 4. The molecule has 0 aromatic heterocycles. The van der Waals surface area contributed by atoms with Gasteiger partial charge in [0, 0.05) is 62.6 Å². The Morgan fingerprint density at radius 3 is 1.83 bits per heavy atom. The number of hydrogen-bond donors (Lipinski definition) is 12. The van der Waals surface area contributed by atoms with E-state index in [0.29, 0.717) is 11.1 Å². The zero-order chi connectivity index (χ0) is 56.6. The number of Topliss-reactive ketones (excluding diaryl/α,β-unsaturated/α-hetero) is 2. The number of amides is 5. The third-order valence-electron chi connectivity index (χ3n) is 10.7. The average molecular weight is 1120 g/mol. The number of nitrogens with two attached hydrogens (primary N) is 2. The summed E-state index contributed by atoms with van der Waals surface area (Å²) in [7, 11) is 2.20. The minimum absolute atomic E-state index is 0.000550. The first-order chi connectivity index (χ1) is 36.1. The quantitative estimate of drug-likeness (QED) is 0.0134. The van der Waals surface area contributed by atoms with Crippen molar-refractivity contribution in [2.45, 2.75) is 94.6 Å². The minimum atomic E-state index is -1.69. The van der Waals surface area contributed by atoms with Crippen LogP contribution in [0.4, 0.5) is 4.79 Å². The first-order valence-electron chi connectivity index (χ1n) is 23.3. The Bertz CT molecular complexity index is 2320. The minimum Gasteiger partial charge on any atom is -0.481 e. The van der Waals surface area contributed by atoms with Crippen molar-refractivity contribution < 1.29 is 87.4 Å². The molecule has 0 aliphatic heterocycles. The highest BCUT2D eigenvalue weighted by Crippen LogP contribution is 2.26. The summed E-state index contributed by atoms with van der Waals surface area (Å²) in [5.74, 6) is -12.2. The van der Waals surface area contributed by atoms with Crippen LogP contribution in [-0.4, -0.2) is 159 Å². The molecule has 7 atom stereocenters. The molecule has 2 aromatic rings. The topological polar surface area (TPSA) is 428 Å². The Balaban J connectivity index is 2.11. The number of carbonyl (C=O) groups is 12. The Hall–Kier alpha value is -7.37. The van der Waals surface area contributed by atoms with Crippen LogP contribution >= 0.6 is 33.8 Å². The van der Waals surface area contributed by atoms with Gasteiger partial charge in [-0.05, 0) is 42.6 Å². The van der Waals surface area contributed by atoms with Gasteiger partial charge in [0.15, 0.2) is 22.9 Å². The number of ether oxygens (including phenoxy) is 2. The van der Waals surface area contributed by atoms with E-state index in [4.69, 9.17) is 33.5 Å². The highest BCUT2D eigenvalue weighted by Gasteiger charge is 2.32. The van der Waals surface area contributed by atoms with E-state index in [0.717, 1.165) is 21.6 Å². The third kappa shape index (κ3) is 27.8. The number of primary amides is 1. The van der Waals surface area contributed by atoms with Gasteiger partial charge in [0.25, 0.3) is 6.47 Å². The number of hydrogen-bond acceptors (Lipinski definition) is 18. The summed E-state index contributed by atoms with van der Waals surface area (Å²) in [5, 5.41) is 52.4. The zero-order valence-corrected chi connectivity index (χ0v) is 43.3. The number of thiocarbonyl (C=S) groups is 1. The lowest BCUT2D eigenvalue weighted by Gasteiger charge is -2.23. The second-order valence-corrected chi connectivity index (χ2v) is 19.7. The predicted octanol–water partition coefficient (Wildman–Crippen LogP) is -0.361. The molecule has 76 heavy (non-hydrogen) atoms. The SMILES string of the molecule is NC(=O)OCCSSC[C@@H](CC(=O)[C@H](CC(=O)O)NC(=O)[C@@H](N)CNC(=O)[C@@H](CC(=O)[C@H](Cc1ccccc1)NC(=O)CCNC(=O)CC[C@H](NC(=S)N[C@@H](CCC(=O)O)OC=O)C(=O)O)Cc1ccccc1)C(=O)O. The summed E-state index contributed by atoms with van der Waals surface area (Å²) < 4.78 is 9.33. The van der Waals surface area contributed by atoms with Crippen LogP contribution in [0.25, 0.3) is 0 Å². The number of nitrogens with one attached hydrogen (secondary N) is 6. The molecule has 2 aromatic carbocycles. The van der Waals surface area contributed by atoms with Crippen LogP contribution in [0, 0.1) is 11.8 Å². The van der Waals surface area contributed by atoms with Crippen molar-refractivity contribution in [1.82, 2.24) is 31.9 Å². The number of carboxylic acid groups (broad SMARTS) is 4. The Morgan fingerprint density at radius 2 is 1.25 bits per heavy atom. The molecule has 0 unspecified atom stereocenters. The Kier molecular flexibility index (Phi) is 30.5. The largest absolute Gasteiger partial charge is 0.481 e. The molecule has 5 amide bonds. The van der Waals surface area contributed by atoms with Crippen molar-refractivity contribution in [3.63, 3.8) is 0 Å². The summed E-state index contributed by atoms with van der Waals surface area (Å²) in [4.78, 5) is 148. The third-order valence-corrected chi connectivity index (χ3v) is 13.4. The lowest BCUT2D eigenvalue weighted by Crippen LogP contribution is -2.53.